The molecule has 0 spiro atoms. The van der Waals surface area contributed by atoms with E-state index in [2.05, 4.69) is 39.8 Å². The Bertz CT molecular complexity index is 639. The smallest absolute Gasteiger partial charge is 1.00 e. The molecule has 0 aromatic heterocycles. The van der Waals surface area contributed by atoms with Crippen LogP contribution in [0.1, 0.15) is 53.4 Å². The van der Waals surface area contributed by atoms with Crippen molar-refractivity contribution in [1.82, 2.24) is 0 Å². The average molecular weight is 473 g/mol. The van der Waals surface area contributed by atoms with Gasteiger partial charge >= 0.3 is 166 Å². The summed E-state index contributed by atoms with van der Waals surface area (Å²) in [7, 11) is -2.10. The van der Waals surface area contributed by atoms with Crippen molar-refractivity contribution >= 4 is 16.1 Å². The summed E-state index contributed by atoms with van der Waals surface area (Å²) in [5.41, 5.74) is 3.52. The van der Waals surface area contributed by atoms with Gasteiger partial charge in [0.1, 0.15) is 0 Å². The van der Waals surface area contributed by atoms with Crippen molar-refractivity contribution in [2.45, 2.75) is 89.6 Å². The molecule has 0 aromatic carbocycles. The first-order chi connectivity index (χ1) is 12.1. The minimum Gasteiger partial charge on any atom is -1.00 e. The molecule has 0 radical (unpaired) electrons. The molecule has 2 aliphatic heterocycles. The van der Waals surface area contributed by atoms with Crippen molar-refractivity contribution in [3.8, 4) is 0 Å². The summed E-state index contributed by atoms with van der Waals surface area (Å²) in [6.07, 6.45) is 11.0. The van der Waals surface area contributed by atoms with Gasteiger partial charge in [0.05, 0.1) is 0 Å². The standard InChI is InChI=1S/2C11H17Si.2ClH.Ti/c2*1-3-12(7-4-8-12)11-6-5-10(2)9-11;;;/h2*6H,3-5,7-8H2,1-2H3;2*1H;/q;;;;+2/p-2. The first-order valence-electron chi connectivity index (χ1n) is 10.6. The fourth-order valence-corrected chi connectivity index (χ4v) is 19.0. The van der Waals surface area contributed by atoms with Gasteiger partial charge in [-0.25, -0.2) is 0 Å². The van der Waals surface area contributed by atoms with Crippen LogP contribution in [-0.2, 0) is 19.2 Å². The van der Waals surface area contributed by atoms with Crippen molar-refractivity contribution in [3.05, 3.63) is 41.4 Å². The maximum absolute atomic E-state index is 2.70. The Morgan fingerprint density at radius 1 is 0.741 bits per heavy atom. The van der Waals surface area contributed by atoms with Gasteiger partial charge in [0.25, 0.3) is 0 Å². The molecule has 0 atom stereocenters. The summed E-state index contributed by atoms with van der Waals surface area (Å²) in [6.45, 7) is 9.92. The molecule has 2 heterocycles. The Labute approximate surface area is 190 Å². The van der Waals surface area contributed by atoms with E-state index in [9.17, 15) is 0 Å². The minimum absolute atomic E-state index is 0. The van der Waals surface area contributed by atoms with E-state index in [1.165, 1.54) is 37.8 Å². The van der Waals surface area contributed by atoms with Crippen LogP contribution in [0.25, 0.3) is 0 Å². The molecule has 4 aliphatic rings. The van der Waals surface area contributed by atoms with Crippen molar-refractivity contribution in [1.29, 1.82) is 0 Å². The third-order valence-electron chi connectivity index (χ3n) is 7.98. The predicted molar refractivity (Wildman–Crippen MR) is 112 cm³/mol. The Balaban J connectivity index is 0.00000131. The minimum atomic E-state index is -1.05. The zero-order valence-corrected chi connectivity index (χ0v) is 22.6. The van der Waals surface area contributed by atoms with Crippen LogP contribution in [0.3, 0.4) is 0 Å². The second-order valence-electron chi connectivity index (χ2n) is 9.05. The third-order valence-corrected chi connectivity index (χ3v) is 22.9. The van der Waals surface area contributed by atoms with Crippen molar-refractivity contribution < 1.29 is 44.0 Å². The monoisotopic (exact) mass is 472 g/mol. The molecular formula is C22H34Cl2Si2Ti. The number of halogens is 2. The van der Waals surface area contributed by atoms with Gasteiger partial charge in [-0.1, -0.05) is 0 Å². The molecular weight excluding hydrogens is 439 g/mol. The van der Waals surface area contributed by atoms with E-state index in [-0.39, 0.29) is 44.0 Å². The van der Waals surface area contributed by atoms with Crippen LogP contribution in [0.4, 0.5) is 0 Å². The second kappa shape index (κ2) is 9.23. The summed E-state index contributed by atoms with van der Waals surface area (Å²) in [4.78, 5) is 0. The summed E-state index contributed by atoms with van der Waals surface area (Å²) in [5, 5.41) is 3.93. The van der Waals surface area contributed by atoms with Gasteiger partial charge < -0.3 is 24.8 Å². The van der Waals surface area contributed by atoms with E-state index in [0.717, 1.165) is 0 Å². The maximum Gasteiger partial charge on any atom is -1.00 e. The molecule has 0 nitrogen and oxygen atoms in total. The summed E-state index contributed by atoms with van der Waals surface area (Å²) in [5.74, 6) is 0. The maximum atomic E-state index is 2.70. The summed E-state index contributed by atoms with van der Waals surface area (Å²) >= 11 is -0.107. The Morgan fingerprint density at radius 2 is 1.11 bits per heavy atom. The Hall–Kier alpha value is 0.688. The van der Waals surface area contributed by atoms with Gasteiger partial charge in [-0.15, -0.1) is 0 Å². The van der Waals surface area contributed by atoms with Crippen LogP contribution in [-0.4, -0.2) is 16.1 Å². The summed E-state index contributed by atoms with van der Waals surface area (Å²) < 4.78 is 3.88. The van der Waals surface area contributed by atoms with Gasteiger partial charge in [0, 0.05) is 0 Å². The SMILES string of the molecule is CC[Si]1(C2=CCC(C)=[C]2[Ti+2][C]2=C(C)CC=C2[Si]2(CC)CCC2)CCC1.[Cl-].[Cl-]. The van der Waals surface area contributed by atoms with E-state index in [1.54, 1.807) is 35.3 Å². The average Bonchev–Trinajstić information content (AvgIpc) is 3.06. The van der Waals surface area contributed by atoms with Crippen LogP contribution < -0.4 is 24.8 Å². The predicted octanol–water partition coefficient (Wildman–Crippen LogP) is 1.11. The molecule has 0 N–H and O–H groups in total. The molecule has 4 rings (SSSR count). The van der Waals surface area contributed by atoms with Gasteiger partial charge in [0.2, 0.25) is 0 Å². The van der Waals surface area contributed by atoms with E-state index in [4.69, 9.17) is 0 Å². The number of hydrogen-bond donors (Lipinski definition) is 0. The van der Waals surface area contributed by atoms with Gasteiger partial charge in [-0.2, -0.15) is 0 Å². The molecule has 2 aliphatic carbocycles. The fourth-order valence-electron chi connectivity index (χ4n) is 5.65. The van der Waals surface area contributed by atoms with Crippen molar-refractivity contribution in [2.75, 3.05) is 0 Å². The van der Waals surface area contributed by atoms with Crippen LogP contribution in [0.2, 0.25) is 36.3 Å². The first kappa shape index (κ1) is 24.0. The molecule has 2 fully saturated rings. The molecule has 0 bridgehead atoms. The van der Waals surface area contributed by atoms with E-state index < -0.39 is 16.1 Å². The molecule has 0 aromatic rings. The largest absolute Gasteiger partial charge is 1.00 e. The summed E-state index contributed by atoms with van der Waals surface area (Å²) in [6, 6.07) is 9.35. The molecule has 0 amide bonds. The molecule has 5 heteroatoms. The van der Waals surface area contributed by atoms with Crippen LogP contribution in [0.15, 0.2) is 41.4 Å². The van der Waals surface area contributed by atoms with Gasteiger partial charge in [0.15, 0.2) is 0 Å². The number of rotatable bonds is 6. The molecule has 27 heavy (non-hydrogen) atoms. The molecule has 2 saturated heterocycles. The molecule has 148 valence electrons. The van der Waals surface area contributed by atoms with Crippen molar-refractivity contribution in [3.63, 3.8) is 0 Å². The van der Waals surface area contributed by atoms with Crippen LogP contribution in [0, 0.1) is 0 Å². The second-order valence-corrected chi connectivity index (χ2v) is 20.6. The van der Waals surface area contributed by atoms with E-state index in [1.807, 2.05) is 18.1 Å². The van der Waals surface area contributed by atoms with E-state index in [0.29, 0.717) is 0 Å². The Kier molecular flexibility index (Phi) is 8.19. The molecule has 0 saturated carbocycles. The zero-order chi connectivity index (χ0) is 17.7. The van der Waals surface area contributed by atoms with E-state index >= 15 is 0 Å². The number of hydrogen-bond acceptors (Lipinski definition) is 0. The number of allylic oxidation sites excluding steroid dienone is 8. The van der Waals surface area contributed by atoms with Crippen LogP contribution in [0.5, 0.6) is 0 Å². The van der Waals surface area contributed by atoms with Gasteiger partial charge in [-0.05, 0) is 0 Å². The third kappa shape index (κ3) is 3.89. The fraction of sp³-hybridized carbons (Fsp3) is 0.636. The Morgan fingerprint density at radius 3 is 1.37 bits per heavy atom. The quantitative estimate of drug-likeness (QED) is 0.508. The zero-order valence-electron chi connectivity index (χ0n) is 17.5. The molecule has 0 unspecified atom stereocenters. The van der Waals surface area contributed by atoms with Crippen molar-refractivity contribution in [2.24, 2.45) is 0 Å². The topological polar surface area (TPSA) is 0 Å². The van der Waals surface area contributed by atoms with Crippen LogP contribution >= 0.6 is 0 Å². The first-order valence-corrected chi connectivity index (χ1v) is 17.4. The normalized spacial score (nSPS) is 24.9. The van der Waals surface area contributed by atoms with Gasteiger partial charge in [-0.3, -0.25) is 0 Å².